The van der Waals surface area contributed by atoms with E-state index in [4.69, 9.17) is 0 Å². The highest BCUT2D eigenvalue weighted by atomic mass is 32.1. The van der Waals surface area contributed by atoms with Crippen LogP contribution in [0.5, 0.6) is 0 Å². The summed E-state index contributed by atoms with van der Waals surface area (Å²) in [4.78, 5) is 17.7. The molecule has 0 saturated heterocycles. The van der Waals surface area contributed by atoms with Gasteiger partial charge in [0.15, 0.2) is 11.4 Å². The smallest absolute Gasteiger partial charge is 0.190 e. The van der Waals surface area contributed by atoms with Gasteiger partial charge in [-0.05, 0) is 26.0 Å². The molecule has 0 fully saturated rings. The van der Waals surface area contributed by atoms with Gasteiger partial charge in [-0.25, -0.2) is 4.98 Å². The molecular formula is C13H14N2OS. The molecule has 0 amide bonds. The average molecular weight is 246 g/mol. The molecule has 0 radical (unpaired) electrons. The third kappa shape index (κ3) is 2.53. The molecule has 17 heavy (non-hydrogen) atoms. The van der Waals surface area contributed by atoms with E-state index in [2.05, 4.69) is 48.0 Å². The van der Waals surface area contributed by atoms with Crippen molar-refractivity contribution in [2.24, 2.45) is 0 Å². The van der Waals surface area contributed by atoms with Crippen molar-refractivity contribution in [2.45, 2.75) is 13.8 Å². The number of carbonyl (C=O) groups excluding carboxylic acids is 1. The molecule has 0 saturated carbocycles. The van der Waals surface area contributed by atoms with Crippen LogP contribution in [0.2, 0.25) is 0 Å². The molecule has 0 aliphatic carbocycles. The second-order valence-electron chi connectivity index (χ2n) is 3.74. The van der Waals surface area contributed by atoms with E-state index in [1.165, 1.54) is 16.9 Å². The fraction of sp³-hybridized carbons (Fsp3) is 0.231. The zero-order chi connectivity index (χ0) is 12.3. The van der Waals surface area contributed by atoms with Gasteiger partial charge < -0.3 is 4.90 Å². The monoisotopic (exact) mass is 246 g/mol. The molecule has 0 unspecified atom stereocenters. The Morgan fingerprint density at radius 1 is 1.35 bits per heavy atom. The van der Waals surface area contributed by atoms with Crippen LogP contribution in [0.1, 0.15) is 22.2 Å². The van der Waals surface area contributed by atoms with Crippen LogP contribution in [0.25, 0.3) is 0 Å². The van der Waals surface area contributed by atoms with Gasteiger partial charge in [0.25, 0.3) is 0 Å². The summed E-state index contributed by atoms with van der Waals surface area (Å²) in [5.74, 6) is 0. The number of aldehydes is 1. The molecule has 2 rings (SSSR count). The maximum absolute atomic E-state index is 10.7. The second kappa shape index (κ2) is 5.10. The standard InChI is InChI=1S/C13H14N2OS/c1-3-15(11-6-4-10(2)5-7-11)13-14-8-12(9-16)17-13/h4-9H,3H2,1-2H3. The highest BCUT2D eigenvalue weighted by Gasteiger charge is 2.11. The molecule has 0 atom stereocenters. The molecule has 2 aromatic rings. The summed E-state index contributed by atoms with van der Waals surface area (Å²) in [6.45, 7) is 4.96. The lowest BCUT2D eigenvalue weighted by molar-refractivity contribution is 0.112. The molecule has 0 N–H and O–H groups in total. The van der Waals surface area contributed by atoms with Crippen LogP contribution < -0.4 is 4.90 Å². The zero-order valence-electron chi connectivity index (χ0n) is 9.88. The maximum Gasteiger partial charge on any atom is 0.190 e. The van der Waals surface area contributed by atoms with E-state index in [0.717, 1.165) is 23.6 Å². The molecule has 1 aromatic heterocycles. The summed E-state index contributed by atoms with van der Waals surface area (Å²) in [6.07, 6.45) is 2.45. The van der Waals surface area contributed by atoms with Crippen LogP contribution in [0.3, 0.4) is 0 Å². The molecule has 1 aromatic carbocycles. The average Bonchev–Trinajstić information content (AvgIpc) is 2.81. The third-order valence-electron chi connectivity index (χ3n) is 2.52. The first-order valence-corrected chi connectivity index (χ1v) is 6.31. The van der Waals surface area contributed by atoms with Crippen molar-refractivity contribution < 1.29 is 4.79 Å². The van der Waals surface area contributed by atoms with E-state index >= 15 is 0 Å². The van der Waals surface area contributed by atoms with E-state index in [-0.39, 0.29) is 0 Å². The Kier molecular flexibility index (Phi) is 3.54. The lowest BCUT2D eigenvalue weighted by Gasteiger charge is -2.19. The quantitative estimate of drug-likeness (QED) is 0.775. The number of rotatable bonds is 4. The number of benzene rings is 1. The highest BCUT2D eigenvalue weighted by Crippen LogP contribution is 2.28. The fourth-order valence-corrected chi connectivity index (χ4v) is 2.42. The summed E-state index contributed by atoms with van der Waals surface area (Å²) in [5, 5.41) is 0.860. The molecule has 4 heteroatoms. The molecule has 88 valence electrons. The van der Waals surface area contributed by atoms with Gasteiger partial charge in [0.1, 0.15) is 0 Å². The first-order chi connectivity index (χ1) is 8.24. The molecule has 0 spiro atoms. The van der Waals surface area contributed by atoms with Gasteiger partial charge in [-0.2, -0.15) is 0 Å². The second-order valence-corrected chi connectivity index (χ2v) is 4.78. The van der Waals surface area contributed by atoms with Crippen molar-refractivity contribution >= 4 is 28.4 Å². The summed E-state index contributed by atoms with van der Waals surface area (Å²) in [6, 6.07) is 8.29. The van der Waals surface area contributed by atoms with E-state index in [1.807, 2.05) is 0 Å². The Morgan fingerprint density at radius 3 is 2.59 bits per heavy atom. The Hall–Kier alpha value is -1.68. The number of carbonyl (C=O) groups is 1. The summed E-state index contributed by atoms with van der Waals surface area (Å²) in [5.41, 5.74) is 2.34. The lowest BCUT2D eigenvalue weighted by Crippen LogP contribution is -2.15. The topological polar surface area (TPSA) is 33.2 Å². The van der Waals surface area contributed by atoms with Gasteiger partial charge in [-0.3, -0.25) is 4.79 Å². The van der Waals surface area contributed by atoms with Crippen LogP contribution in [0.4, 0.5) is 10.8 Å². The van der Waals surface area contributed by atoms with E-state index in [1.54, 1.807) is 6.20 Å². The fourth-order valence-electron chi connectivity index (χ4n) is 1.61. The number of thiazole rings is 1. The Balaban J connectivity index is 2.32. The maximum atomic E-state index is 10.7. The van der Waals surface area contributed by atoms with Crippen LogP contribution in [-0.4, -0.2) is 17.8 Å². The Morgan fingerprint density at radius 2 is 2.06 bits per heavy atom. The highest BCUT2D eigenvalue weighted by molar-refractivity contribution is 7.17. The first-order valence-electron chi connectivity index (χ1n) is 5.50. The van der Waals surface area contributed by atoms with Crippen molar-refractivity contribution in [3.8, 4) is 0 Å². The van der Waals surface area contributed by atoms with E-state index in [9.17, 15) is 4.79 Å². The predicted molar refractivity (Wildman–Crippen MR) is 71.4 cm³/mol. The molecule has 0 aliphatic rings. The first kappa shape index (κ1) is 11.8. The number of aryl methyl sites for hydroxylation is 1. The molecule has 1 heterocycles. The minimum Gasteiger partial charge on any atom is -0.318 e. The predicted octanol–water partition coefficient (Wildman–Crippen LogP) is 3.42. The van der Waals surface area contributed by atoms with Crippen LogP contribution in [0.15, 0.2) is 30.5 Å². The minimum absolute atomic E-state index is 0.658. The van der Waals surface area contributed by atoms with Crippen molar-refractivity contribution in [1.29, 1.82) is 0 Å². The number of hydrogen-bond donors (Lipinski definition) is 0. The van der Waals surface area contributed by atoms with E-state index in [0.29, 0.717) is 4.88 Å². The van der Waals surface area contributed by atoms with Gasteiger partial charge in [-0.15, -0.1) is 0 Å². The third-order valence-corrected chi connectivity index (χ3v) is 3.47. The van der Waals surface area contributed by atoms with Crippen LogP contribution >= 0.6 is 11.3 Å². The normalized spacial score (nSPS) is 10.2. The number of nitrogens with zero attached hydrogens (tertiary/aromatic N) is 2. The summed E-state index contributed by atoms with van der Waals surface area (Å²) in [7, 11) is 0. The molecule has 3 nitrogen and oxygen atoms in total. The van der Waals surface area contributed by atoms with Gasteiger partial charge in [0.05, 0.1) is 11.1 Å². The SMILES string of the molecule is CCN(c1ccc(C)cc1)c1ncc(C=O)s1. The minimum atomic E-state index is 0.658. The zero-order valence-corrected chi connectivity index (χ0v) is 10.7. The largest absolute Gasteiger partial charge is 0.318 e. The molecule has 0 aliphatic heterocycles. The molecule has 0 bridgehead atoms. The van der Waals surface area contributed by atoms with Crippen molar-refractivity contribution in [1.82, 2.24) is 4.98 Å². The van der Waals surface area contributed by atoms with E-state index < -0.39 is 0 Å². The number of anilines is 2. The molecular weight excluding hydrogens is 232 g/mol. The van der Waals surface area contributed by atoms with Gasteiger partial charge in [-0.1, -0.05) is 29.0 Å². The lowest BCUT2D eigenvalue weighted by atomic mass is 10.2. The van der Waals surface area contributed by atoms with Crippen molar-refractivity contribution in [3.05, 3.63) is 40.9 Å². The van der Waals surface area contributed by atoms with Crippen molar-refractivity contribution in [2.75, 3.05) is 11.4 Å². The summed E-state index contributed by atoms with van der Waals surface area (Å²) >= 11 is 1.41. The summed E-state index contributed by atoms with van der Waals surface area (Å²) < 4.78 is 0. The number of aromatic nitrogens is 1. The Labute approximate surface area is 105 Å². The van der Waals surface area contributed by atoms with Gasteiger partial charge in [0.2, 0.25) is 0 Å². The van der Waals surface area contributed by atoms with Crippen molar-refractivity contribution in [3.63, 3.8) is 0 Å². The van der Waals surface area contributed by atoms with Gasteiger partial charge in [0, 0.05) is 12.2 Å². The number of hydrogen-bond acceptors (Lipinski definition) is 4. The van der Waals surface area contributed by atoms with Crippen LogP contribution in [-0.2, 0) is 0 Å². The van der Waals surface area contributed by atoms with Gasteiger partial charge >= 0.3 is 0 Å². The van der Waals surface area contributed by atoms with Crippen LogP contribution in [0, 0.1) is 6.92 Å². The Bertz CT molecular complexity index is 504.